The number of hydrogen-bond acceptors (Lipinski definition) is 6. The highest BCUT2D eigenvalue weighted by Gasteiger charge is 2.44. The van der Waals surface area contributed by atoms with Gasteiger partial charge in [0, 0.05) is 19.3 Å². The summed E-state index contributed by atoms with van der Waals surface area (Å²) in [4.78, 5) is 40.4. The van der Waals surface area contributed by atoms with E-state index < -0.39 is 12.1 Å². The first-order valence-corrected chi connectivity index (χ1v) is 10.1. The summed E-state index contributed by atoms with van der Waals surface area (Å²) in [5.41, 5.74) is 0.398. The molecule has 0 radical (unpaired) electrons. The van der Waals surface area contributed by atoms with Crippen LogP contribution in [0.5, 0.6) is 0 Å². The van der Waals surface area contributed by atoms with Crippen molar-refractivity contribution in [2.24, 2.45) is 5.92 Å². The van der Waals surface area contributed by atoms with E-state index in [1.807, 2.05) is 6.07 Å². The number of furan rings is 1. The Hall–Kier alpha value is -3.41. The monoisotopic (exact) mass is 469 g/mol. The second kappa shape index (κ2) is 10.5. The van der Waals surface area contributed by atoms with Crippen molar-refractivity contribution in [3.05, 3.63) is 54.2 Å². The van der Waals surface area contributed by atoms with Crippen molar-refractivity contribution in [3.8, 4) is 0 Å². The van der Waals surface area contributed by atoms with Crippen LogP contribution in [0, 0.1) is 5.92 Å². The number of amides is 2. The third kappa shape index (κ3) is 6.31. The molecule has 0 aromatic carbocycles. The van der Waals surface area contributed by atoms with E-state index in [1.165, 1.54) is 0 Å². The van der Waals surface area contributed by atoms with Gasteiger partial charge < -0.3 is 24.5 Å². The van der Waals surface area contributed by atoms with Gasteiger partial charge in [-0.05, 0) is 37.1 Å². The van der Waals surface area contributed by atoms with Crippen molar-refractivity contribution >= 4 is 17.8 Å². The third-order valence-electron chi connectivity index (χ3n) is 5.28. The van der Waals surface area contributed by atoms with Crippen LogP contribution in [0.3, 0.4) is 0 Å². The van der Waals surface area contributed by atoms with Crippen molar-refractivity contribution in [1.82, 2.24) is 15.2 Å². The van der Waals surface area contributed by atoms with Gasteiger partial charge in [0.15, 0.2) is 0 Å². The first-order valence-electron chi connectivity index (χ1n) is 10.1. The lowest BCUT2D eigenvalue weighted by molar-refractivity contribution is -0.192. The molecule has 9 nitrogen and oxygen atoms in total. The zero-order chi connectivity index (χ0) is 24.0. The van der Waals surface area contributed by atoms with Crippen molar-refractivity contribution in [1.29, 1.82) is 0 Å². The van der Waals surface area contributed by atoms with E-state index in [-0.39, 0.29) is 29.9 Å². The van der Waals surface area contributed by atoms with E-state index in [9.17, 15) is 22.8 Å². The second-order valence-corrected chi connectivity index (χ2v) is 7.47. The molecule has 33 heavy (non-hydrogen) atoms. The van der Waals surface area contributed by atoms with E-state index in [0.717, 1.165) is 6.42 Å². The molecule has 0 bridgehead atoms. The molecule has 2 amide bonds. The molecular weight excluding hydrogens is 447 g/mol. The first-order chi connectivity index (χ1) is 15.7. The smallest absolute Gasteiger partial charge is 0.475 e. The average Bonchev–Trinajstić information content (AvgIpc) is 3.48. The van der Waals surface area contributed by atoms with Crippen LogP contribution in [-0.2, 0) is 20.9 Å². The average molecular weight is 469 g/mol. The highest BCUT2D eigenvalue weighted by molar-refractivity contribution is 5.93. The fourth-order valence-corrected chi connectivity index (χ4v) is 3.74. The lowest BCUT2D eigenvalue weighted by Gasteiger charge is -2.40. The number of carboxylic acids is 1. The second-order valence-electron chi connectivity index (χ2n) is 7.47. The number of aromatic nitrogens is 1. The largest absolute Gasteiger partial charge is 0.490 e. The number of carboxylic acid groups (broad SMARTS) is 1. The molecule has 2 aliphatic heterocycles. The minimum Gasteiger partial charge on any atom is -0.475 e. The molecule has 4 rings (SSSR count). The number of rotatable bonds is 4. The molecule has 0 saturated carbocycles. The summed E-state index contributed by atoms with van der Waals surface area (Å²) in [7, 11) is 0. The number of pyridine rings is 1. The molecule has 0 unspecified atom stereocenters. The number of hydrogen-bond donors (Lipinski definition) is 2. The van der Waals surface area contributed by atoms with E-state index in [0.29, 0.717) is 37.6 Å². The molecule has 2 aliphatic rings. The van der Waals surface area contributed by atoms with Gasteiger partial charge in [-0.15, -0.1) is 0 Å². The number of likely N-dealkylation sites (tertiary alicyclic amines) is 1. The molecular formula is C21H22F3N3O6. The maximum absolute atomic E-state index is 12.9. The quantitative estimate of drug-likeness (QED) is 0.704. The summed E-state index contributed by atoms with van der Waals surface area (Å²) in [5.74, 6) is -2.60. The van der Waals surface area contributed by atoms with Crippen molar-refractivity contribution in [2.45, 2.75) is 37.7 Å². The van der Waals surface area contributed by atoms with Crippen LogP contribution in [0.1, 0.15) is 29.1 Å². The zero-order valence-electron chi connectivity index (χ0n) is 17.3. The SMILES string of the molecule is O=C(NCc1ccco1)[C@H]1C[C@H]2OCC[C@H]2N(C(=O)c2ccccn2)C1.O=C(O)C(F)(F)F. The van der Waals surface area contributed by atoms with Gasteiger partial charge in [0.05, 0.1) is 30.9 Å². The topological polar surface area (TPSA) is 122 Å². The Bertz CT molecular complexity index is 952. The van der Waals surface area contributed by atoms with Gasteiger partial charge in [-0.25, -0.2) is 4.79 Å². The van der Waals surface area contributed by atoms with Crippen LogP contribution in [0.2, 0.25) is 0 Å². The minimum atomic E-state index is -5.08. The Morgan fingerprint density at radius 2 is 1.97 bits per heavy atom. The van der Waals surface area contributed by atoms with Crippen LogP contribution >= 0.6 is 0 Å². The molecule has 2 fully saturated rings. The number of halogens is 3. The van der Waals surface area contributed by atoms with Gasteiger partial charge >= 0.3 is 12.1 Å². The molecule has 2 N–H and O–H groups in total. The standard InChI is InChI=1S/C19H21N3O4.C2HF3O2/c23-18(21-11-14-4-3-8-25-14)13-10-17-16(6-9-26-17)22(12-13)19(24)15-5-1-2-7-20-15;3-2(4,5)1(6)7/h1-5,7-8,13,16-17H,6,9-12H2,(H,21,23);(H,6,7)/t13-,16+,17+;/m0./s1. The normalized spacial score (nSPS) is 22.0. The van der Waals surface area contributed by atoms with E-state index in [1.54, 1.807) is 41.6 Å². The summed E-state index contributed by atoms with van der Waals surface area (Å²) in [5, 5.41) is 10.0. The Balaban J connectivity index is 0.000000383. The van der Waals surface area contributed by atoms with Gasteiger partial charge in [0.2, 0.25) is 5.91 Å². The number of carbonyl (C=O) groups excluding carboxylic acids is 2. The van der Waals surface area contributed by atoms with Gasteiger partial charge in [0.25, 0.3) is 5.91 Å². The highest BCUT2D eigenvalue weighted by atomic mass is 19.4. The van der Waals surface area contributed by atoms with Crippen molar-refractivity contribution in [2.75, 3.05) is 13.2 Å². The maximum Gasteiger partial charge on any atom is 0.490 e. The highest BCUT2D eigenvalue weighted by Crippen LogP contribution is 2.32. The predicted octanol–water partition coefficient (Wildman–Crippen LogP) is 2.24. The van der Waals surface area contributed by atoms with E-state index >= 15 is 0 Å². The van der Waals surface area contributed by atoms with E-state index in [2.05, 4.69) is 10.3 Å². The number of ether oxygens (including phenoxy) is 1. The van der Waals surface area contributed by atoms with Gasteiger partial charge in [-0.3, -0.25) is 14.6 Å². The minimum absolute atomic E-state index is 0.0126. The summed E-state index contributed by atoms with van der Waals surface area (Å²) in [6.07, 6.45) is -0.583. The fourth-order valence-electron chi connectivity index (χ4n) is 3.74. The Labute approximate surface area is 186 Å². The third-order valence-corrected chi connectivity index (χ3v) is 5.28. The Kier molecular flexibility index (Phi) is 7.69. The summed E-state index contributed by atoms with van der Waals surface area (Å²) >= 11 is 0. The van der Waals surface area contributed by atoms with Crippen LogP contribution in [0.25, 0.3) is 0 Å². The molecule has 2 aromatic rings. The van der Waals surface area contributed by atoms with E-state index in [4.69, 9.17) is 19.1 Å². The molecule has 12 heteroatoms. The number of aliphatic carboxylic acids is 1. The van der Waals surface area contributed by atoms with Crippen LogP contribution in [-0.4, -0.2) is 64.2 Å². The number of alkyl halides is 3. The number of nitrogens with zero attached hydrogens (tertiary/aromatic N) is 2. The van der Waals surface area contributed by atoms with Crippen molar-refractivity contribution < 1.29 is 41.8 Å². The molecule has 3 atom stereocenters. The first kappa shape index (κ1) is 24.2. The predicted molar refractivity (Wildman–Crippen MR) is 106 cm³/mol. The van der Waals surface area contributed by atoms with Crippen molar-refractivity contribution in [3.63, 3.8) is 0 Å². The number of fused-ring (bicyclic) bond motifs is 1. The molecule has 2 saturated heterocycles. The van der Waals surface area contributed by atoms with Crippen LogP contribution in [0.4, 0.5) is 13.2 Å². The lowest BCUT2D eigenvalue weighted by atomic mass is 9.89. The van der Waals surface area contributed by atoms with Crippen LogP contribution in [0.15, 0.2) is 47.2 Å². The van der Waals surface area contributed by atoms with Gasteiger partial charge in [-0.1, -0.05) is 6.07 Å². The van der Waals surface area contributed by atoms with Crippen LogP contribution < -0.4 is 5.32 Å². The molecule has 0 spiro atoms. The number of carbonyl (C=O) groups is 3. The van der Waals surface area contributed by atoms with Gasteiger partial charge in [0.1, 0.15) is 11.5 Å². The number of piperidine rings is 1. The summed E-state index contributed by atoms with van der Waals surface area (Å²) in [6, 6.07) is 8.88. The zero-order valence-corrected chi connectivity index (χ0v) is 17.3. The Morgan fingerprint density at radius 3 is 2.58 bits per heavy atom. The molecule has 4 heterocycles. The Morgan fingerprint density at radius 1 is 1.21 bits per heavy atom. The summed E-state index contributed by atoms with van der Waals surface area (Å²) in [6.45, 7) is 1.33. The molecule has 0 aliphatic carbocycles. The number of nitrogens with one attached hydrogen (secondary N) is 1. The lowest BCUT2D eigenvalue weighted by Crippen LogP contribution is -2.55. The van der Waals surface area contributed by atoms with Gasteiger partial charge in [-0.2, -0.15) is 13.2 Å². The summed E-state index contributed by atoms with van der Waals surface area (Å²) < 4.78 is 42.8. The fraction of sp³-hybridized carbons (Fsp3) is 0.429. The molecule has 178 valence electrons. The molecule has 2 aromatic heterocycles. The maximum atomic E-state index is 12.9.